The Labute approximate surface area is 137 Å². The van der Waals surface area contributed by atoms with Crippen LogP contribution in [-0.2, 0) is 0 Å². The number of para-hydroxylation sites is 1. The molecule has 0 saturated carbocycles. The number of aromatic nitrogens is 1. The fraction of sp³-hybridized carbons (Fsp3) is 0. The highest BCUT2D eigenvalue weighted by Gasteiger charge is 2.10. The molecule has 0 atom stereocenters. The molecule has 0 amide bonds. The monoisotopic (exact) mass is 315 g/mol. The van der Waals surface area contributed by atoms with Gasteiger partial charge < -0.3 is 10.2 Å². The molecule has 5 nitrogen and oxygen atoms in total. The van der Waals surface area contributed by atoms with Crippen molar-refractivity contribution in [2.45, 2.75) is 0 Å². The largest absolute Gasteiger partial charge is 0.507 e. The van der Waals surface area contributed by atoms with E-state index in [4.69, 9.17) is 0 Å². The molecule has 0 saturated heterocycles. The number of pyridine rings is 1. The summed E-state index contributed by atoms with van der Waals surface area (Å²) >= 11 is 0. The maximum Gasteiger partial charge on any atom is 0.174 e. The lowest BCUT2D eigenvalue weighted by Crippen LogP contribution is -1.79. The molecule has 1 heterocycles. The summed E-state index contributed by atoms with van der Waals surface area (Å²) < 4.78 is 0. The second-order valence-electron chi connectivity index (χ2n) is 5.37. The van der Waals surface area contributed by atoms with Crippen LogP contribution in [0.4, 0.5) is 11.5 Å². The molecular formula is C19H13N3O2. The Bertz CT molecular complexity index is 1090. The standard InChI is InChI=1S/C19H13N3O2/c23-16-11-17(24)19(14-7-3-2-6-13(14)16)22-21-18-10-9-12-5-1-4-8-15(12)20-18/h1-11,23-24H. The van der Waals surface area contributed by atoms with Crippen LogP contribution in [0.5, 0.6) is 11.5 Å². The highest BCUT2D eigenvalue weighted by molar-refractivity contribution is 5.99. The smallest absolute Gasteiger partial charge is 0.174 e. The van der Waals surface area contributed by atoms with Crippen LogP contribution in [0.15, 0.2) is 77.0 Å². The third-order valence-electron chi connectivity index (χ3n) is 3.81. The Kier molecular flexibility index (Phi) is 3.31. The first-order chi connectivity index (χ1) is 11.7. The number of phenols is 2. The third kappa shape index (κ3) is 2.42. The summed E-state index contributed by atoms with van der Waals surface area (Å²) in [7, 11) is 0. The van der Waals surface area contributed by atoms with Gasteiger partial charge in [-0.25, -0.2) is 4.98 Å². The quantitative estimate of drug-likeness (QED) is 0.498. The Morgan fingerprint density at radius 3 is 2.33 bits per heavy atom. The third-order valence-corrected chi connectivity index (χ3v) is 3.81. The van der Waals surface area contributed by atoms with E-state index in [1.807, 2.05) is 42.5 Å². The Hall–Kier alpha value is -3.47. The molecule has 0 unspecified atom stereocenters. The number of aromatic hydroxyl groups is 2. The molecule has 0 aliphatic carbocycles. The van der Waals surface area contributed by atoms with Gasteiger partial charge >= 0.3 is 0 Å². The van der Waals surface area contributed by atoms with Crippen molar-refractivity contribution < 1.29 is 10.2 Å². The zero-order valence-corrected chi connectivity index (χ0v) is 12.6. The van der Waals surface area contributed by atoms with Crippen molar-refractivity contribution in [2.24, 2.45) is 10.2 Å². The van der Waals surface area contributed by atoms with Crippen LogP contribution < -0.4 is 0 Å². The first kappa shape index (κ1) is 14.1. The van der Waals surface area contributed by atoms with Gasteiger partial charge in [-0.05, 0) is 18.2 Å². The van der Waals surface area contributed by atoms with Crippen molar-refractivity contribution in [1.29, 1.82) is 0 Å². The van der Waals surface area contributed by atoms with Crippen LogP contribution in [0.2, 0.25) is 0 Å². The van der Waals surface area contributed by atoms with Crippen LogP contribution in [0, 0.1) is 0 Å². The molecule has 0 fully saturated rings. The molecule has 4 aromatic rings. The Morgan fingerprint density at radius 1 is 0.708 bits per heavy atom. The van der Waals surface area contributed by atoms with Gasteiger partial charge in [0.25, 0.3) is 0 Å². The van der Waals surface area contributed by atoms with E-state index < -0.39 is 0 Å². The van der Waals surface area contributed by atoms with Crippen molar-refractivity contribution in [2.75, 3.05) is 0 Å². The number of benzene rings is 3. The van der Waals surface area contributed by atoms with Gasteiger partial charge in [0, 0.05) is 22.2 Å². The number of azo groups is 1. The zero-order chi connectivity index (χ0) is 16.5. The number of hydrogen-bond acceptors (Lipinski definition) is 5. The van der Waals surface area contributed by atoms with Crippen molar-refractivity contribution in [3.05, 3.63) is 66.7 Å². The van der Waals surface area contributed by atoms with Crippen LogP contribution >= 0.6 is 0 Å². The average Bonchev–Trinajstić information content (AvgIpc) is 2.61. The summed E-state index contributed by atoms with van der Waals surface area (Å²) in [6, 6.07) is 19.9. The predicted molar refractivity (Wildman–Crippen MR) is 93.2 cm³/mol. The second kappa shape index (κ2) is 5.62. The van der Waals surface area contributed by atoms with E-state index in [-0.39, 0.29) is 11.5 Å². The van der Waals surface area contributed by atoms with Crippen molar-refractivity contribution in [1.82, 2.24) is 4.98 Å². The van der Waals surface area contributed by atoms with Crippen molar-refractivity contribution in [3.8, 4) is 11.5 Å². The molecule has 2 N–H and O–H groups in total. The number of phenolic OH excluding ortho intramolecular Hbond substituents is 2. The van der Waals surface area contributed by atoms with E-state index in [0.717, 1.165) is 10.9 Å². The highest BCUT2D eigenvalue weighted by Crippen LogP contribution is 2.40. The maximum atomic E-state index is 10.1. The summed E-state index contributed by atoms with van der Waals surface area (Å²) in [6.45, 7) is 0. The average molecular weight is 315 g/mol. The van der Waals surface area contributed by atoms with Crippen LogP contribution in [0.3, 0.4) is 0 Å². The van der Waals surface area contributed by atoms with Gasteiger partial charge in [0.1, 0.15) is 17.2 Å². The SMILES string of the molecule is Oc1cc(O)c2ccccc2c1N=Nc1ccc2ccccc2n1. The number of nitrogens with zero attached hydrogens (tertiary/aromatic N) is 3. The van der Waals surface area contributed by atoms with Gasteiger partial charge in [-0.3, -0.25) is 0 Å². The lowest BCUT2D eigenvalue weighted by molar-refractivity contribution is 0.456. The lowest BCUT2D eigenvalue weighted by atomic mass is 10.1. The molecule has 0 spiro atoms. The van der Waals surface area contributed by atoms with Crippen molar-refractivity contribution >= 4 is 33.2 Å². The van der Waals surface area contributed by atoms with E-state index in [1.54, 1.807) is 18.2 Å². The molecular weight excluding hydrogens is 302 g/mol. The minimum atomic E-state index is -0.129. The first-order valence-electron chi connectivity index (χ1n) is 7.43. The highest BCUT2D eigenvalue weighted by atomic mass is 16.3. The summed E-state index contributed by atoms with van der Waals surface area (Å²) in [5.74, 6) is 0.326. The Morgan fingerprint density at radius 2 is 1.46 bits per heavy atom. The summed E-state index contributed by atoms with van der Waals surface area (Å²) in [6.07, 6.45) is 0. The number of fused-ring (bicyclic) bond motifs is 2. The molecule has 5 heteroatoms. The zero-order valence-electron chi connectivity index (χ0n) is 12.6. The van der Waals surface area contributed by atoms with Gasteiger partial charge in [0.05, 0.1) is 5.52 Å². The van der Waals surface area contributed by atoms with Gasteiger partial charge in [0.2, 0.25) is 0 Å². The van der Waals surface area contributed by atoms with Gasteiger partial charge in [0.15, 0.2) is 5.82 Å². The fourth-order valence-electron chi connectivity index (χ4n) is 2.64. The minimum Gasteiger partial charge on any atom is -0.507 e. The molecule has 3 aromatic carbocycles. The predicted octanol–water partition coefficient (Wildman–Crippen LogP) is 5.21. The molecule has 0 aliphatic heterocycles. The lowest BCUT2D eigenvalue weighted by Gasteiger charge is -2.06. The molecule has 0 aliphatic rings. The molecule has 24 heavy (non-hydrogen) atoms. The van der Waals surface area contributed by atoms with E-state index in [0.29, 0.717) is 22.3 Å². The first-order valence-corrected chi connectivity index (χ1v) is 7.43. The van der Waals surface area contributed by atoms with E-state index in [9.17, 15) is 10.2 Å². The van der Waals surface area contributed by atoms with Gasteiger partial charge in [-0.2, -0.15) is 0 Å². The molecule has 4 rings (SSSR count). The van der Waals surface area contributed by atoms with Crippen LogP contribution in [-0.4, -0.2) is 15.2 Å². The van der Waals surface area contributed by atoms with Crippen LogP contribution in [0.1, 0.15) is 0 Å². The van der Waals surface area contributed by atoms with Crippen LogP contribution in [0.25, 0.3) is 21.7 Å². The summed E-state index contributed by atoms with van der Waals surface area (Å²) in [5.41, 5.74) is 1.13. The van der Waals surface area contributed by atoms with Gasteiger partial charge in [-0.1, -0.05) is 42.5 Å². The molecule has 0 bridgehead atoms. The van der Waals surface area contributed by atoms with E-state index in [2.05, 4.69) is 15.2 Å². The topological polar surface area (TPSA) is 78.1 Å². The molecule has 0 radical (unpaired) electrons. The maximum absolute atomic E-state index is 10.1. The van der Waals surface area contributed by atoms with Crippen molar-refractivity contribution in [3.63, 3.8) is 0 Å². The normalized spacial score (nSPS) is 11.5. The minimum absolute atomic E-state index is 0.00544. The van der Waals surface area contributed by atoms with E-state index >= 15 is 0 Å². The molecule has 1 aromatic heterocycles. The summed E-state index contributed by atoms with van der Waals surface area (Å²) in [4.78, 5) is 4.43. The Balaban J connectivity index is 1.82. The summed E-state index contributed by atoms with van der Waals surface area (Å²) in [5, 5.41) is 30.6. The second-order valence-corrected chi connectivity index (χ2v) is 5.37. The fourth-order valence-corrected chi connectivity index (χ4v) is 2.64. The molecule has 116 valence electrons. The number of hydrogen-bond donors (Lipinski definition) is 2. The van der Waals surface area contributed by atoms with Gasteiger partial charge in [-0.15, -0.1) is 10.2 Å². The van der Waals surface area contributed by atoms with E-state index in [1.165, 1.54) is 6.07 Å². The number of rotatable bonds is 2.